The molecule has 2 nitrogen and oxygen atoms in total. The number of carbonyl (C=O) groups excluding carboxylic acids is 1. The summed E-state index contributed by atoms with van der Waals surface area (Å²) in [5.41, 5.74) is 0. The highest BCUT2D eigenvalue weighted by atomic mass is 35.6. The summed E-state index contributed by atoms with van der Waals surface area (Å²) in [5, 5.41) is 0. The molecule has 0 aromatic carbocycles. The van der Waals surface area contributed by atoms with E-state index in [0.29, 0.717) is 13.0 Å². The first-order valence-corrected chi connectivity index (χ1v) is 7.75. The van der Waals surface area contributed by atoms with Gasteiger partial charge in [-0.2, -0.15) is 0 Å². The lowest BCUT2D eigenvalue weighted by atomic mass is 10.1. The number of unbranched alkanes of at least 4 members (excludes halogenated alkanes) is 7. The summed E-state index contributed by atoms with van der Waals surface area (Å²) in [4.78, 5) is 10.5. The van der Waals surface area contributed by atoms with Crippen molar-refractivity contribution in [2.75, 3.05) is 6.61 Å². The highest BCUT2D eigenvalue weighted by molar-refractivity contribution is 6.67. The quantitative estimate of drug-likeness (QED) is 0.305. The topological polar surface area (TPSA) is 26.3 Å². The van der Waals surface area contributed by atoms with Crippen molar-refractivity contribution in [1.82, 2.24) is 0 Å². The molecule has 108 valence electrons. The summed E-state index contributed by atoms with van der Waals surface area (Å²) in [6.45, 7) is 2.00. The van der Waals surface area contributed by atoms with Crippen molar-refractivity contribution in [1.29, 1.82) is 0 Å². The van der Waals surface area contributed by atoms with Gasteiger partial charge in [-0.05, 0) is 19.3 Å². The maximum atomic E-state index is 10.5. The normalized spacial score (nSPS) is 11.6. The van der Waals surface area contributed by atoms with Gasteiger partial charge in [-0.3, -0.25) is 4.79 Å². The van der Waals surface area contributed by atoms with Gasteiger partial charge in [0.05, 0.1) is 6.61 Å². The molecule has 0 aromatic heterocycles. The summed E-state index contributed by atoms with van der Waals surface area (Å²) in [5.74, 6) is -0.191. The molecule has 0 aromatic rings. The molecule has 0 aliphatic carbocycles. The second kappa shape index (κ2) is 11.2. The Hall–Kier alpha value is 0.340. The fourth-order valence-electron chi connectivity index (χ4n) is 1.70. The van der Waals surface area contributed by atoms with Crippen LogP contribution in [-0.4, -0.2) is 16.4 Å². The van der Waals surface area contributed by atoms with E-state index in [4.69, 9.17) is 39.5 Å². The highest BCUT2D eigenvalue weighted by Gasteiger charge is 2.17. The Labute approximate surface area is 125 Å². The largest absolute Gasteiger partial charge is 0.466 e. The summed E-state index contributed by atoms with van der Waals surface area (Å²) >= 11 is 17.0. The van der Waals surface area contributed by atoms with Crippen molar-refractivity contribution in [3.8, 4) is 0 Å². The molecule has 0 bridgehead atoms. The second-order valence-corrected chi connectivity index (χ2v) is 7.05. The van der Waals surface area contributed by atoms with Crippen LogP contribution in [-0.2, 0) is 9.53 Å². The van der Waals surface area contributed by atoms with Gasteiger partial charge in [-0.25, -0.2) is 0 Å². The molecular formula is C13H23Cl3O2. The fourth-order valence-corrected chi connectivity index (χ4v) is 2.10. The minimum absolute atomic E-state index is 0.191. The van der Waals surface area contributed by atoms with Crippen molar-refractivity contribution in [3.05, 3.63) is 0 Å². The summed E-state index contributed by atoms with van der Waals surface area (Å²) in [6.07, 6.45) is 9.69. The zero-order valence-corrected chi connectivity index (χ0v) is 13.3. The first kappa shape index (κ1) is 18.3. The molecule has 0 N–H and O–H groups in total. The van der Waals surface area contributed by atoms with Gasteiger partial charge in [0.25, 0.3) is 0 Å². The molecule has 0 unspecified atom stereocenters. The van der Waals surface area contributed by atoms with Gasteiger partial charge >= 0.3 is 5.97 Å². The number of alkyl halides is 3. The number of halogens is 3. The lowest BCUT2D eigenvalue weighted by Gasteiger charge is -2.09. The van der Waals surface area contributed by atoms with Gasteiger partial charge in [-0.1, -0.05) is 73.3 Å². The minimum Gasteiger partial charge on any atom is -0.466 e. The van der Waals surface area contributed by atoms with E-state index in [2.05, 4.69) is 0 Å². The van der Waals surface area contributed by atoms with Gasteiger partial charge in [0.2, 0.25) is 0 Å². The van der Waals surface area contributed by atoms with E-state index in [0.717, 1.165) is 25.7 Å². The van der Waals surface area contributed by atoms with E-state index in [1.54, 1.807) is 0 Å². The molecule has 0 aliphatic heterocycles. The molecule has 0 saturated heterocycles. The van der Waals surface area contributed by atoms with Crippen LogP contribution in [0.1, 0.15) is 64.7 Å². The number of ether oxygens (including phenoxy) is 1. The minimum atomic E-state index is -1.09. The standard InChI is InChI=1S/C13H23Cl3O2/c1-12(17)18-11-9-7-5-3-2-4-6-8-10-13(14,15)16/h2-11H2,1H3. The average molecular weight is 318 g/mol. The molecule has 0 radical (unpaired) electrons. The second-order valence-electron chi connectivity index (χ2n) is 4.53. The van der Waals surface area contributed by atoms with E-state index in [1.165, 1.54) is 32.6 Å². The highest BCUT2D eigenvalue weighted by Crippen LogP contribution is 2.32. The SMILES string of the molecule is CC(=O)OCCCCCCCCCCC(Cl)(Cl)Cl. The average Bonchev–Trinajstić information content (AvgIpc) is 2.24. The third kappa shape index (κ3) is 16.3. The number of carbonyl (C=O) groups is 1. The number of hydrogen-bond acceptors (Lipinski definition) is 2. The Bertz CT molecular complexity index is 215. The first-order valence-electron chi connectivity index (χ1n) is 6.62. The predicted octanol–water partition coefficient (Wildman–Crippen LogP) is 5.43. The van der Waals surface area contributed by atoms with Crippen LogP contribution in [0.5, 0.6) is 0 Å². The van der Waals surface area contributed by atoms with Crippen LogP contribution in [0.15, 0.2) is 0 Å². The molecule has 0 amide bonds. The molecule has 0 rings (SSSR count). The first-order chi connectivity index (χ1) is 8.42. The van der Waals surface area contributed by atoms with Gasteiger partial charge in [0.15, 0.2) is 3.79 Å². The predicted molar refractivity (Wildman–Crippen MR) is 78.5 cm³/mol. The monoisotopic (exact) mass is 316 g/mol. The Morgan fingerprint density at radius 1 is 0.889 bits per heavy atom. The van der Waals surface area contributed by atoms with Crippen LogP contribution >= 0.6 is 34.8 Å². The van der Waals surface area contributed by atoms with Crippen molar-refractivity contribution in [2.45, 2.75) is 68.5 Å². The molecule has 0 fully saturated rings. The summed E-state index contributed by atoms with van der Waals surface area (Å²) in [6, 6.07) is 0. The van der Waals surface area contributed by atoms with Crippen molar-refractivity contribution in [3.63, 3.8) is 0 Å². The van der Waals surface area contributed by atoms with Crippen LogP contribution in [0.3, 0.4) is 0 Å². The molecule has 0 spiro atoms. The molecule has 18 heavy (non-hydrogen) atoms. The zero-order chi connectivity index (χ0) is 13.9. The summed E-state index contributed by atoms with van der Waals surface area (Å²) in [7, 11) is 0. The maximum absolute atomic E-state index is 10.5. The molecule has 0 atom stereocenters. The molecular weight excluding hydrogens is 294 g/mol. The van der Waals surface area contributed by atoms with Gasteiger partial charge < -0.3 is 4.74 Å². The van der Waals surface area contributed by atoms with Gasteiger partial charge in [0, 0.05) is 6.92 Å². The van der Waals surface area contributed by atoms with E-state index < -0.39 is 3.79 Å². The molecule has 0 aliphatic rings. The van der Waals surface area contributed by atoms with Crippen LogP contribution in [0, 0.1) is 0 Å². The van der Waals surface area contributed by atoms with Crippen LogP contribution in [0.4, 0.5) is 0 Å². The summed E-state index contributed by atoms with van der Waals surface area (Å²) < 4.78 is 3.77. The van der Waals surface area contributed by atoms with E-state index in [1.807, 2.05) is 0 Å². The van der Waals surface area contributed by atoms with Crippen LogP contribution in [0.25, 0.3) is 0 Å². The van der Waals surface area contributed by atoms with Crippen molar-refractivity contribution < 1.29 is 9.53 Å². The third-order valence-electron chi connectivity index (χ3n) is 2.66. The lowest BCUT2D eigenvalue weighted by Crippen LogP contribution is -2.00. The van der Waals surface area contributed by atoms with Crippen molar-refractivity contribution >= 4 is 40.8 Å². The fraction of sp³-hybridized carbons (Fsp3) is 0.923. The molecule has 0 heterocycles. The van der Waals surface area contributed by atoms with E-state index in [9.17, 15) is 4.79 Å². The van der Waals surface area contributed by atoms with E-state index in [-0.39, 0.29) is 5.97 Å². The van der Waals surface area contributed by atoms with E-state index >= 15 is 0 Å². The van der Waals surface area contributed by atoms with Crippen molar-refractivity contribution in [2.24, 2.45) is 0 Å². The zero-order valence-electron chi connectivity index (χ0n) is 11.0. The number of esters is 1. The number of hydrogen-bond donors (Lipinski definition) is 0. The van der Waals surface area contributed by atoms with Crippen LogP contribution in [0.2, 0.25) is 0 Å². The Morgan fingerprint density at radius 2 is 1.33 bits per heavy atom. The van der Waals surface area contributed by atoms with Gasteiger partial charge in [0.1, 0.15) is 0 Å². The smallest absolute Gasteiger partial charge is 0.302 e. The Kier molecular flexibility index (Phi) is 11.4. The third-order valence-corrected chi connectivity index (χ3v) is 3.23. The maximum Gasteiger partial charge on any atom is 0.302 e. The Balaban J connectivity index is 3.06. The lowest BCUT2D eigenvalue weighted by molar-refractivity contribution is -0.141. The Morgan fingerprint density at radius 3 is 1.78 bits per heavy atom. The van der Waals surface area contributed by atoms with Crippen LogP contribution < -0.4 is 0 Å². The van der Waals surface area contributed by atoms with Gasteiger partial charge in [-0.15, -0.1) is 0 Å². The molecule has 0 saturated carbocycles. The number of rotatable bonds is 10. The molecule has 5 heteroatoms.